The third-order valence-corrected chi connectivity index (χ3v) is 5.12. The number of hydrogen-bond acceptors (Lipinski definition) is 13. The van der Waals surface area contributed by atoms with E-state index in [1.807, 2.05) is 0 Å². The van der Waals surface area contributed by atoms with Gasteiger partial charge in [-0.25, -0.2) is 28.8 Å². The molecule has 15 nitrogen and oxygen atoms in total. The number of carbonyl (C=O) groups is 7. The highest BCUT2D eigenvalue weighted by Crippen LogP contribution is 2.04. The first-order chi connectivity index (χ1) is 20.6. The first kappa shape index (κ1) is 39.3. The Morgan fingerprint density at radius 3 is 1.07 bits per heavy atom. The van der Waals surface area contributed by atoms with Gasteiger partial charge in [0, 0.05) is 36.7 Å². The van der Waals surface area contributed by atoms with Crippen LogP contribution in [0, 0.1) is 0 Å². The van der Waals surface area contributed by atoms with Gasteiger partial charge in [0.25, 0.3) is 0 Å². The molecule has 15 heteroatoms. The van der Waals surface area contributed by atoms with Crippen LogP contribution in [0.25, 0.3) is 0 Å². The maximum Gasteiger partial charge on any atom is 0.407 e. The van der Waals surface area contributed by atoms with Crippen molar-refractivity contribution in [3.8, 4) is 0 Å². The van der Waals surface area contributed by atoms with Gasteiger partial charge >= 0.3 is 36.1 Å². The van der Waals surface area contributed by atoms with Crippen molar-refractivity contribution in [2.45, 2.75) is 65.6 Å². The maximum atomic E-state index is 12.2. The van der Waals surface area contributed by atoms with E-state index in [-0.39, 0.29) is 43.0 Å². The number of alkyl carbamates (subject to hydrolysis) is 2. The second-order valence-corrected chi connectivity index (χ2v) is 9.61. The van der Waals surface area contributed by atoms with Crippen LogP contribution in [0.5, 0.6) is 0 Å². The fraction of sp³-hybridized carbons (Fsp3) is 0.552. The molecule has 0 aliphatic carbocycles. The average molecular weight is 627 g/mol. The molecule has 44 heavy (non-hydrogen) atoms. The highest BCUT2D eigenvalue weighted by molar-refractivity contribution is 6.32. The van der Waals surface area contributed by atoms with Gasteiger partial charge in [-0.3, -0.25) is 4.79 Å². The van der Waals surface area contributed by atoms with Crippen molar-refractivity contribution in [3.05, 3.63) is 36.5 Å². The molecule has 0 rings (SSSR count). The van der Waals surface area contributed by atoms with Crippen LogP contribution in [0.15, 0.2) is 36.5 Å². The summed E-state index contributed by atoms with van der Waals surface area (Å²) in [5, 5.41) is 5.07. The van der Waals surface area contributed by atoms with E-state index in [0.717, 1.165) is 6.92 Å². The molecule has 2 amide bonds. The molecule has 246 valence electrons. The zero-order valence-corrected chi connectivity index (χ0v) is 25.7. The zero-order chi connectivity index (χ0) is 33.7. The van der Waals surface area contributed by atoms with Crippen LogP contribution in [0.3, 0.4) is 0 Å². The number of hydrogen-bond donors (Lipinski definition) is 2. The Hall–Kier alpha value is -4.69. The predicted molar refractivity (Wildman–Crippen MR) is 154 cm³/mol. The van der Waals surface area contributed by atoms with E-state index in [1.54, 1.807) is 0 Å². The summed E-state index contributed by atoms with van der Waals surface area (Å²) in [6, 6.07) is 0. The van der Waals surface area contributed by atoms with Gasteiger partial charge in [0.1, 0.15) is 26.4 Å². The standard InChI is InChI=1S/C29H42N2O13/c1-18(2)24(33)39-14-22(15-40-25(34)19(3)4)43-28(37)30-12-10-8-9-11-13-31-29(38)44-23(16-41-26(35)20(5)6)17-42-27(36)21(7)32/h22-23H,1,3,5,8-17H2,2,4,6-7H3,(H,30,37)(H,31,38). The van der Waals surface area contributed by atoms with Gasteiger partial charge in [-0.1, -0.05) is 32.6 Å². The molecule has 0 aromatic heterocycles. The number of ketones is 1. The molecular weight excluding hydrogens is 584 g/mol. The second-order valence-electron chi connectivity index (χ2n) is 9.61. The zero-order valence-electron chi connectivity index (χ0n) is 25.7. The summed E-state index contributed by atoms with van der Waals surface area (Å²) in [5.41, 5.74) is 0.422. The Morgan fingerprint density at radius 1 is 0.500 bits per heavy atom. The molecule has 0 bridgehead atoms. The van der Waals surface area contributed by atoms with Crippen LogP contribution in [0.1, 0.15) is 53.4 Å². The Labute approximate surface area is 256 Å². The van der Waals surface area contributed by atoms with Crippen molar-refractivity contribution in [1.29, 1.82) is 0 Å². The van der Waals surface area contributed by atoms with E-state index in [1.165, 1.54) is 20.8 Å². The van der Waals surface area contributed by atoms with Gasteiger partial charge in [0.15, 0.2) is 12.2 Å². The molecule has 2 N–H and O–H groups in total. The third kappa shape index (κ3) is 19.4. The molecule has 0 saturated heterocycles. The smallest absolute Gasteiger partial charge is 0.407 e. The fourth-order valence-electron chi connectivity index (χ4n) is 2.75. The van der Waals surface area contributed by atoms with E-state index < -0.39 is 67.3 Å². The van der Waals surface area contributed by atoms with Crippen molar-refractivity contribution in [2.75, 3.05) is 39.5 Å². The maximum absolute atomic E-state index is 12.2. The molecular formula is C29H42N2O13. The van der Waals surface area contributed by atoms with E-state index in [9.17, 15) is 33.6 Å². The molecule has 0 fully saturated rings. The first-order valence-electron chi connectivity index (χ1n) is 13.7. The van der Waals surface area contributed by atoms with Crippen LogP contribution in [-0.4, -0.2) is 93.6 Å². The summed E-state index contributed by atoms with van der Waals surface area (Å²) in [6.45, 7) is 14.6. The van der Waals surface area contributed by atoms with E-state index in [4.69, 9.17) is 28.4 Å². The van der Waals surface area contributed by atoms with E-state index in [2.05, 4.69) is 30.4 Å². The lowest BCUT2D eigenvalue weighted by atomic mass is 10.2. The number of esters is 4. The van der Waals surface area contributed by atoms with Crippen molar-refractivity contribution < 1.29 is 62.0 Å². The minimum atomic E-state index is -1.15. The number of rotatable bonds is 21. The highest BCUT2D eigenvalue weighted by atomic mass is 16.6. The number of unbranched alkanes of at least 4 members (excludes halogenated alkanes) is 3. The number of nitrogens with one attached hydrogen (secondary N) is 2. The lowest BCUT2D eigenvalue weighted by Gasteiger charge is -2.18. The van der Waals surface area contributed by atoms with Gasteiger partial charge < -0.3 is 39.1 Å². The fourth-order valence-corrected chi connectivity index (χ4v) is 2.75. The Balaban J connectivity index is 4.42. The third-order valence-electron chi connectivity index (χ3n) is 5.12. The monoisotopic (exact) mass is 626 g/mol. The van der Waals surface area contributed by atoms with Gasteiger partial charge in [-0.15, -0.1) is 0 Å². The number of ether oxygens (including phenoxy) is 6. The van der Waals surface area contributed by atoms with Crippen LogP contribution < -0.4 is 10.6 Å². The second kappa shape index (κ2) is 21.9. The van der Waals surface area contributed by atoms with Crippen LogP contribution in [0.4, 0.5) is 9.59 Å². The van der Waals surface area contributed by atoms with Crippen molar-refractivity contribution >= 4 is 41.8 Å². The number of Topliss-reactive ketones (excluding diaryl/α,β-unsaturated/α-hetero) is 1. The van der Waals surface area contributed by atoms with Crippen LogP contribution in [-0.2, 0) is 52.4 Å². The summed E-state index contributed by atoms with van der Waals surface area (Å²) in [7, 11) is 0. The summed E-state index contributed by atoms with van der Waals surface area (Å²) in [5.74, 6) is -4.07. The number of carbonyl (C=O) groups excluding carboxylic acids is 7. The van der Waals surface area contributed by atoms with E-state index in [0.29, 0.717) is 25.7 Å². The molecule has 0 aliphatic heterocycles. The summed E-state index contributed by atoms with van der Waals surface area (Å²) >= 11 is 0. The molecule has 1 unspecified atom stereocenters. The average Bonchev–Trinajstić information content (AvgIpc) is 2.95. The van der Waals surface area contributed by atoms with Crippen molar-refractivity contribution in [2.24, 2.45) is 0 Å². The summed E-state index contributed by atoms with van der Waals surface area (Å²) < 4.78 is 30.0. The minimum absolute atomic E-state index is 0.119. The normalized spacial score (nSPS) is 10.8. The SMILES string of the molecule is C=C(C)C(=O)OCC(COC(=O)C(=C)C)OC(=O)NCCCCCCNC(=O)OC(COC(=O)C(=C)C)COC(=O)C(C)=O. The van der Waals surface area contributed by atoms with Gasteiger partial charge in [0.05, 0.1) is 0 Å². The Bertz CT molecular complexity index is 939. The molecule has 0 radical (unpaired) electrons. The molecule has 0 aromatic rings. The van der Waals surface area contributed by atoms with Crippen LogP contribution >= 0.6 is 0 Å². The Kier molecular flexibility index (Phi) is 19.6. The summed E-state index contributed by atoms with van der Waals surface area (Å²) in [4.78, 5) is 81.6. The van der Waals surface area contributed by atoms with Crippen molar-refractivity contribution in [3.63, 3.8) is 0 Å². The predicted octanol–water partition coefficient (Wildman–Crippen LogP) is 2.23. The Morgan fingerprint density at radius 2 is 0.795 bits per heavy atom. The topological polar surface area (TPSA) is 199 Å². The van der Waals surface area contributed by atoms with Gasteiger partial charge in [-0.2, -0.15) is 0 Å². The molecule has 0 aromatic carbocycles. The van der Waals surface area contributed by atoms with Crippen molar-refractivity contribution in [1.82, 2.24) is 10.6 Å². The quantitative estimate of drug-likeness (QED) is 0.0619. The van der Waals surface area contributed by atoms with Gasteiger partial charge in [-0.05, 0) is 33.6 Å². The summed E-state index contributed by atoms with van der Waals surface area (Å²) in [6.07, 6.45) is -1.32. The minimum Gasteiger partial charge on any atom is -0.458 e. The molecule has 0 heterocycles. The molecule has 0 spiro atoms. The molecule has 0 aliphatic rings. The lowest BCUT2D eigenvalue weighted by Crippen LogP contribution is -2.36. The van der Waals surface area contributed by atoms with E-state index >= 15 is 0 Å². The lowest BCUT2D eigenvalue weighted by molar-refractivity contribution is -0.157. The van der Waals surface area contributed by atoms with Crippen LogP contribution in [0.2, 0.25) is 0 Å². The first-order valence-corrected chi connectivity index (χ1v) is 13.7. The molecule has 0 saturated carbocycles. The molecule has 1 atom stereocenters. The highest BCUT2D eigenvalue weighted by Gasteiger charge is 2.22. The largest absolute Gasteiger partial charge is 0.458 e. The number of amides is 2. The van der Waals surface area contributed by atoms with Gasteiger partial charge in [0.2, 0.25) is 5.78 Å².